The Morgan fingerprint density at radius 1 is 0.542 bits per heavy atom. The Bertz CT molecular complexity index is 2470. The van der Waals surface area contributed by atoms with Crippen LogP contribution < -0.4 is 0 Å². The maximum absolute atomic E-state index is 16.2. The minimum absolute atomic E-state index is 0.00611. The number of aliphatic hydroxyl groups is 1. The number of Topliss-reactive ketones (excluding diaryl/α,β-unsaturated/α-hetero) is 2. The Kier molecular flexibility index (Phi) is 14.3. The number of rotatable bonds is 5. The van der Waals surface area contributed by atoms with Gasteiger partial charge < -0.3 is 33.5 Å². The van der Waals surface area contributed by atoms with Crippen molar-refractivity contribution in [1.29, 1.82) is 0 Å². The number of benzene rings is 2. The summed E-state index contributed by atoms with van der Waals surface area (Å²) in [5.74, 6) is -3.45. The van der Waals surface area contributed by atoms with Gasteiger partial charge in [-0.25, -0.2) is 9.80 Å². The highest BCUT2D eigenvalue weighted by molar-refractivity contribution is 6.33. The van der Waals surface area contributed by atoms with Gasteiger partial charge in [-0.2, -0.15) is 0 Å². The molecule has 1 saturated carbocycles. The van der Waals surface area contributed by atoms with E-state index in [2.05, 4.69) is 0 Å². The van der Waals surface area contributed by atoms with Crippen LogP contribution in [-0.4, -0.2) is 130 Å². The molecule has 15 nitrogen and oxygen atoms in total. The quantitative estimate of drug-likeness (QED) is 0.280. The summed E-state index contributed by atoms with van der Waals surface area (Å²) in [5, 5.41) is 11.7. The molecule has 0 spiro atoms. The molecule has 7 heterocycles. The van der Waals surface area contributed by atoms with Crippen LogP contribution in [-0.2, 0) is 38.0 Å². The number of hydrogen-bond donors (Lipinski definition) is 1. The molecular formula is C57H82N2O13. The zero-order valence-corrected chi connectivity index (χ0v) is 46.2. The van der Waals surface area contributed by atoms with Crippen molar-refractivity contribution in [3.63, 3.8) is 0 Å². The van der Waals surface area contributed by atoms with E-state index in [9.17, 15) is 29.1 Å². The van der Waals surface area contributed by atoms with Gasteiger partial charge in [0.1, 0.15) is 36.2 Å². The third-order valence-electron chi connectivity index (χ3n) is 18.5. The number of fused-ring (bicyclic) bond motifs is 2. The number of carbonyl (C=O) groups excluding carboxylic acids is 6. The first-order valence-corrected chi connectivity index (χ1v) is 25.9. The predicted octanol–water partition coefficient (Wildman–Crippen LogP) is 9.12. The zero-order chi connectivity index (χ0) is 53.8. The molecular weight excluding hydrogens is 921 g/mol. The number of ketones is 2. The van der Waals surface area contributed by atoms with Crippen molar-refractivity contribution in [3.05, 3.63) is 46.5 Å². The summed E-state index contributed by atoms with van der Waals surface area (Å²) in [6.07, 6.45) is 2.36. The van der Waals surface area contributed by atoms with Crippen LogP contribution >= 0.6 is 0 Å². The number of nitrogens with zero attached hydrogens (tertiary/aromatic N) is 2. The fourth-order valence-corrected chi connectivity index (χ4v) is 11.8. The molecule has 4 amide bonds. The van der Waals surface area contributed by atoms with Crippen LogP contribution in [0.5, 0.6) is 0 Å². The number of aliphatic hydroxyl groups excluding tert-OH is 1. The molecule has 10 bridgehead atoms. The summed E-state index contributed by atoms with van der Waals surface area (Å²) >= 11 is 0. The van der Waals surface area contributed by atoms with Crippen LogP contribution in [0.25, 0.3) is 10.8 Å². The molecule has 72 heavy (non-hydrogen) atoms. The number of ether oxygens (including phenoxy) is 6. The molecule has 2 aromatic carbocycles. The zero-order valence-electron chi connectivity index (χ0n) is 46.2. The Morgan fingerprint density at radius 3 is 1.29 bits per heavy atom. The van der Waals surface area contributed by atoms with E-state index in [0.717, 1.165) is 9.80 Å². The van der Waals surface area contributed by atoms with Crippen molar-refractivity contribution in [1.82, 2.24) is 9.80 Å². The molecule has 1 saturated heterocycles. The molecule has 8 aliphatic rings. The van der Waals surface area contributed by atoms with E-state index >= 15 is 4.79 Å². The summed E-state index contributed by atoms with van der Waals surface area (Å²) in [6.45, 7) is 30.7. The lowest BCUT2D eigenvalue weighted by atomic mass is 9.53. The monoisotopic (exact) mass is 1000 g/mol. The molecule has 2 aromatic rings. The van der Waals surface area contributed by atoms with Crippen molar-refractivity contribution in [2.45, 2.75) is 183 Å². The van der Waals surface area contributed by atoms with Crippen LogP contribution in [0.1, 0.15) is 191 Å². The van der Waals surface area contributed by atoms with Crippen molar-refractivity contribution in [3.8, 4) is 0 Å². The third-order valence-corrected chi connectivity index (χ3v) is 18.5. The normalized spacial score (nSPS) is 33.0. The van der Waals surface area contributed by atoms with E-state index in [1.54, 1.807) is 13.8 Å². The molecule has 0 radical (unpaired) electrons. The van der Waals surface area contributed by atoms with Gasteiger partial charge in [0, 0.05) is 61.1 Å². The standard InChI is InChI=1S/C57H82N2O13/c1-18-57(27-60)30-67-51(9,10)55(16)52(11,12)72-33-59-46(65)38-25-23-36-40-37(24-26-39(41(38)40)47(59)66)45(64)58(44(36)63)32-71-50(7,8)54(15,43(62)35-21-19-34(20-22-35)42(61)48(2,3)4)56(17,53(13,14)68-31-57)70-29-49(5,6)28-69-55/h23-26,34-35,60H,18-22,27-33H2,1-17H3. The minimum Gasteiger partial charge on any atom is -0.396 e. The average Bonchev–Trinajstić information content (AvgIpc) is 3.31. The van der Waals surface area contributed by atoms with E-state index in [-0.39, 0.29) is 83.5 Å². The highest BCUT2D eigenvalue weighted by Gasteiger charge is 2.68. The van der Waals surface area contributed by atoms with E-state index in [1.807, 2.05) is 104 Å². The molecule has 0 aromatic heterocycles. The van der Waals surface area contributed by atoms with Gasteiger partial charge in [0.2, 0.25) is 0 Å². The molecule has 1 aliphatic carbocycles. The molecule has 398 valence electrons. The second-order valence-corrected chi connectivity index (χ2v) is 25.8. The first-order chi connectivity index (χ1) is 33.0. The van der Waals surface area contributed by atoms with Gasteiger partial charge in [0.25, 0.3) is 23.6 Å². The Morgan fingerprint density at radius 2 is 0.903 bits per heavy atom. The molecule has 4 unspecified atom stereocenters. The first-order valence-electron chi connectivity index (χ1n) is 25.9. The van der Waals surface area contributed by atoms with Crippen molar-refractivity contribution < 1.29 is 62.3 Å². The van der Waals surface area contributed by atoms with E-state index in [4.69, 9.17) is 28.4 Å². The van der Waals surface area contributed by atoms with Crippen molar-refractivity contribution in [2.24, 2.45) is 33.5 Å². The maximum Gasteiger partial charge on any atom is 0.263 e. The Hall–Kier alpha value is -3.96. The summed E-state index contributed by atoms with van der Waals surface area (Å²) in [7, 11) is 0. The summed E-state index contributed by atoms with van der Waals surface area (Å²) in [4.78, 5) is 90.3. The van der Waals surface area contributed by atoms with Crippen LogP contribution in [0.4, 0.5) is 0 Å². The van der Waals surface area contributed by atoms with Crippen LogP contribution in [0.15, 0.2) is 24.3 Å². The molecule has 15 heteroatoms. The van der Waals surface area contributed by atoms with Gasteiger partial charge in [-0.15, -0.1) is 0 Å². The largest absolute Gasteiger partial charge is 0.396 e. The number of imide groups is 2. The molecule has 10 rings (SSSR count). The van der Waals surface area contributed by atoms with Gasteiger partial charge >= 0.3 is 0 Å². The lowest BCUT2D eigenvalue weighted by Crippen LogP contribution is -2.72. The van der Waals surface area contributed by atoms with Crippen LogP contribution in [0, 0.1) is 33.5 Å². The second-order valence-electron chi connectivity index (χ2n) is 25.8. The summed E-state index contributed by atoms with van der Waals surface area (Å²) in [6, 6.07) is 5.98. The Labute approximate surface area is 426 Å². The molecule has 4 atom stereocenters. The summed E-state index contributed by atoms with van der Waals surface area (Å²) < 4.78 is 42.4. The highest BCUT2D eigenvalue weighted by atomic mass is 16.6. The Balaban J connectivity index is 1.46. The van der Waals surface area contributed by atoms with Crippen LogP contribution in [0.2, 0.25) is 0 Å². The fourth-order valence-electron chi connectivity index (χ4n) is 11.8. The number of hydrogen-bond acceptors (Lipinski definition) is 13. The van der Waals surface area contributed by atoms with Gasteiger partial charge in [-0.05, 0) is 133 Å². The van der Waals surface area contributed by atoms with Gasteiger partial charge in [-0.3, -0.25) is 28.8 Å². The third kappa shape index (κ3) is 8.72. The van der Waals surface area contributed by atoms with E-state index in [0.29, 0.717) is 32.1 Å². The van der Waals surface area contributed by atoms with E-state index < -0.39 is 98.3 Å². The second kappa shape index (κ2) is 18.4. The minimum atomic E-state index is -1.65. The summed E-state index contributed by atoms with van der Waals surface area (Å²) in [5.41, 5.74) is -11.8. The number of amides is 4. The van der Waals surface area contributed by atoms with Gasteiger partial charge in [0.15, 0.2) is 0 Å². The lowest BCUT2D eigenvalue weighted by Gasteiger charge is -2.60. The SMILES string of the molecule is CCC1(CO)COC(C)(C)C2(C)OCC(C)(C)COC(C)(C(C)(C)OC1)C(C)(C(=O)C1CCC(C(=O)C(C)(C)C)CC1)C(C)(C)OCN1C(=O)c3ccc4c5c(ccc(c35)C1=O)C(=O)N(COC2(C)C)C4=O. The van der Waals surface area contributed by atoms with Crippen molar-refractivity contribution >= 4 is 46.0 Å². The smallest absolute Gasteiger partial charge is 0.263 e. The number of carbonyl (C=O) groups is 6. The van der Waals surface area contributed by atoms with Crippen molar-refractivity contribution in [2.75, 3.05) is 46.5 Å². The topological polar surface area (TPSA) is 185 Å². The highest BCUT2D eigenvalue weighted by Crippen LogP contribution is 2.56. The molecule has 7 aliphatic heterocycles. The first kappa shape index (κ1) is 55.8. The molecule has 2 fully saturated rings. The van der Waals surface area contributed by atoms with Gasteiger partial charge in [-0.1, -0.05) is 41.5 Å². The average molecular weight is 1000 g/mol. The molecule has 1 N–H and O–H groups in total. The fraction of sp³-hybridized carbons (Fsp3) is 0.719. The predicted molar refractivity (Wildman–Crippen MR) is 270 cm³/mol. The maximum atomic E-state index is 16.2. The van der Waals surface area contributed by atoms with Gasteiger partial charge in [0.05, 0.1) is 60.9 Å². The lowest BCUT2D eigenvalue weighted by molar-refractivity contribution is -0.308. The van der Waals surface area contributed by atoms with E-state index in [1.165, 1.54) is 24.3 Å². The van der Waals surface area contributed by atoms with Crippen LogP contribution in [0.3, 0.4) is 0 Å².